The van der Waals surface area contributed by atoms with Crippen LogP contribution < -0.4 is 10.1 Å². The van der Waals surface area contributed by atoms with Crippen molar-refractivity contribution in [2.45, 2.75) is 12.3 Å². The molecule has 1 amide bonds. The number of aromatic carboxylic acids is 1. The molecule has 0 aromatic heterocycles. The molecule has 0 unspecified atom stereocenters. The number of methoxy groups -OCH3 is 1. The number of carboxylic acid groups (broad SMARTS) is 1. The van der Waals surface area contributed by atoms with Crippen LogP contribution in [0.1, 0.15) is 39.4 Å². The second-order valence-electron chi connectivity index (χ2n) is 7.52. The Morgan fingerprint density at radius 3 is 2.30 bits per heavy atom. The van der Waals surface area contributed by atoms with E-state index in [1.807, 2.05) is 24.3 Å². The zero-order valence-corrected chi connectivity index (χ0v) is 18.1. The van der Waals surface area contributed by atoms with Gasteiger partial charge in [0.25, 0.3) is 0 Å². The van der Waals surface area contributed by atoms with Crippen LogP contribution in [0.15, 0.2) is 66.7 Å². The quantitative estimate of drug-likeness (QED) is 0.429. The Balaban J connectivity index is 1.30. The summed E-state index contributed by atoms with van der Waals surface area (Å²) in [5.74, 6) is 5.11. The molecule has 6 nitrogen and oxygen atoms in total. The molecular weight excluding hydrogens is 418 g/mol. The molecule has 0 fully saturated rings. The molecule has 1 aliphatic carbocycles. The molecule has 0 heterocycles. The lowest BCUT2D eigenvalue weighted by molar-refractivity contribution is 0.0696. The van der Waals surface area contributed by atoms with Gasteiger partial charge in [-0.05, 0) is 40.5 Å². The number of alkyl carbamates (subject to hydrolysis) is 1. The van der Waals surface area contributed by atoms with Crippen LogP contribution in [0.25, 0.3) is 11.1 Å². The molecule has 0 aliphatic heterocycles. The zero-order chi connectivity index (χ0) is 23.2. The maximum atomic E-state index is 12.2. The summed E-state index contributed by atoms with van der Waals surface area (Å²) in [5.41, 5.74) is 5.14. The SMILES string of the molecule is COc1ccc(C#CCCNC(=O)OCC2c3ccccc3-c3ccccc32)c(C(=O)O)c1. The first-order chi connectivity index (χ1) is 16.1. The number of carbonyl (C=O) groups excluding carboxylic acids is 1. The number of hydrogen-bond donors (Lipinski definition) is 2. The molecule has 0 spiro atoms. The Kier molecular flexibility index (Phi) is 6.61. The van der Waals surface area contributed by atoms with E-state index in [2.05, 4.69) is 41.4 Å². The van der Waals surface area contributed by atoms with Gasteiger partial charge >= 0.3 is 12.1 Å². The van der Waals surface area contributed by atoms with Crippen LogP contribution in [-0.4, -0.2) is 37.4 Å². The van der Waals surface area contributed by atoms with E-state index in [4.69, 9.17) is 9.47 Å². The molecule has 0 atom stereocenters. The van der Waals surface area contributed by atoms with Crippen LogP contribution in [0.4, 0.5) is 4.79 Å². The van der Waals surface area contributed by atoms with Crippen LogP contribution in [0, 0.1) is 11.8 Å². The minimum atomic E-state index is -1.07. The van der Waals surface area contributed by atoms with Crippen LogP contribution >= 0.6 is 0 Å². The normalized spacial score (nSPS) is 11.5. The molecule has 3 aromatic rings. The summed E-state index contributed by atoms with van der Waals surface area (Å²) >= 11 is 0. The van der Waals surface area contributed by atoms with Gasteiger partial charge in [0.2, 0.25) is 0 Å². The van der Waals surface area contributed by atoms with E-state index in [9.17, 15) is 14.7 Å². The summed E-state index contributed by atoms with van der Waals surface area (Å²) in [6, 6.07) is 21.0. The molecule has 0 saturated heterocycles. The number of hydrogen-bond acceptors (Lipinski definition) is 4. The third-order valence-corrected chi connectivity index (χ3v) is 5.54. The van der Waals surface area contributed by atoms with Gasteiger partial charge in [0.05, 0.1) is 12.7 Å². The maximum Gasteiger partial charge on any atom is 0.407 e. The molecule has 0 radical (unpaired) electrons. The summed E-state index contributed by atoms with van der Waals surface area (Å²) in [5, 5.41) is 12.0. The highest BCUT2D eigenvalue weighted by Crippen LogP contribution is 2.44. The van der Waals surface area contributed by atoms with Crippen molar-refractivity contribution in [2.75, 3.05) is 20.3 Å². The lowest BCUT2D eigenvalue weighted by Crippen LogP contribution is -2.26. The van der Waals surface area contributed by atoms with Gasteiger partial charge in [-0.1, -0.05) is 60.4 Å². The van der Waals surface area contributed by atoms with Crippen molar-refractivity contribution >= 4 is 12.1 Å². The van der Waals surface area contributed by atoms with E-state index in [0.717, 1.165) is 11.1 Å². The van der Waals surface area contributed by atoms with E-state index in [0.29, 0.717) is 24.3 Å². The average Bonchev–Trinajstić information content (AvgIpc) is 3.16. The molecule has 3 aromatic carbocycles. The van der Waals surface area contributed by atoms with Gasteiger partial charge in [-0.2, -0.15) is 0 Å². The van der Waals surface area contributed by atoms with Crippen LogP contribution in [0.5, 0.6) is 5.75 Å². The number of fused-ring (bicyclic) bond motifs is 3. The predicted molar refractivity (Wildman–Crippen MR) is 125 cm³/mol. The van der Waals surface area contributed by atoms with Crippen LogP contribution in [-0.2, 0) is 4.74 Å². The minimum absolute atomic E-state index is 0.00690. The van der Waals surface area contributed by atoms with E-state index < -0.39 is 12.1 Å². The third kappa shape index (κ3) is 4.83. The maximum absolute atomic E-state index is 12.2. The van der Waals surface area contributed by atoms with Crippen LogP contribution in [0.3, 0.4) is 0 Å². The fourth-order valence-electron chi connectivity index (χ4n) is 3.97. The van der Waals surface area contributed by atoms with Crippen LogP contribution in [0.2, 0.25) is 0 Å². The van der Waals surface area contributed by atoms with Gasteiger partial charge in [-0.3, -0.25) is 0 Å². The van der Waals surface area contributed by atoms with E-state index >= 15 is 0 Å². The molecule has 166 valence electrons. The van der Waals surface area contributed by atoms with Gasteiger partial charge in [0.15, 0.2) is 0 Å². The van der Waals surface area contributed by atoms with Crippen molar-refractivity contribution in [2.24, 2.45) is 0 Å². The molecule has 33 heavy (non-hydrogen) atoms. The largest absolute Gasteiger partial charge is 0.497 e. The Morgan fingerprint density at radius 2 is 1.67 bits per heavy atom. The summed E-state index contributed by atoms with van der Waals surface area (Å²) in [7, 11) is 1.47. The lowest BCUT2D eigenvalue weighted by Gasteiger charge is -2.14. The molecule has 6 heteroatoms. The van der Waals surface area contributed by atoms with E-state index in [1.165, 1.54) is 24.3 Å². The number of benzene rings is 3. The van der Waals surface area contributed by atoms with Gasteiger partial charge in [-0.15, -0.1) is 0 Å². The predicted octanol–water partition coefficient (Wildman–Crippen LogP) is 4.67. The van der Waals surface area contributed by atoms with Crippen molar-refractivity contribution in [1.29, 1.82) is 0 Å². The lowest BCUT2D eigenvalue weighted by atomic mass is 9.98. The highest BCUT2D eigenvalue weighted by atomic mass is 16.5. The first kappa shape index (κ1) is 22.0. The van der Waals surface area contributed by atoms with Crippen molar-refractivity contribution in [1.82, 2.24) is 5.32 Å². The molecule has 4 rings (SSSR count). The smallest absolute Gasteiger partial charge is 0.407 e. The van der Waals surface area contributed by atoms with Gasteiger partial charge in [0, 0.05) is 24.4 Å². The van der Waals surface area contributed by atoms with E-state index in [-0.39, 0.29) is 18.1 Å². The Hall–Kier alpha value is -4.24. The van der Waals surface area contributed by atoms with Gasteiger partial charge < -0.3 is 19.9 Å². The molecular formula is C27H23NO5. The first-order valence-corrected chi connectivity index (χ1v) is 10.6. The number of nitrogens with one attached hydrogen (secondary N) is 1. The molecule has 2 N–H and O–H groups in total. The van der Waals surface area contributed by atoms with E-state index in [1.54, 1.807) is 12.1 Å². The number of amides is 1. The second kappa shape index (κ2) is 9.92. The summed E-state index contributed by atoms with van der Waals surface area (Å²) in [6.07, 6.45) is -0.149. The fourth-order valence-corrected chi connectivity index (χ4v) is 3.97. The first-order valence-electron chi connectivity index (χ1n) is 10.6. The van der Waals surface area contributed by atoms with Crippen molar-refractivity contribution in [3.63, 3.8) is 0 Å². The number of rotatable bonds is 6. The average molecular weight is 441 g/mol. The summed E-state index contributed by atoms with van der Waals surface area (Å²) in [6.45, 7) is 0.543. The summed E-state index contributed by atoms with van der Waals surface area (Å²) < 4.78 is 10.5. The van der Waals surface area contributed by atoms with Crippen molar-refractivity contribution in [3.05, 3.63) is 89.0 Å². The zero-order valence-electron chi connectivity index (χ0n) is 18.1. The summed E-state index contributed by atoms with van der Waals surface area (Å²) in [4.78, 5) is 23.6. The standard InChI is InChI=1S/C27H23NO5/c1-32-19-14-13-18(24(16-19)26(29)30)8-6-7-15-28-27(31)33-17-25-22-11-4-2-9-20(22)21-10-3-5-12-23(21)25/h2-5,9-14,16,25H,7,15,17H2,1H3,(H,28,31)(H,29,30). The Morgan fingerprint density at radius 1 is 1.00 bits per heavy atom. The number of carbonyl (C=O) groups is 2. The molecule has 0 saturated carbocycles. The van der Waals surface area contributed by atoms with Gasteiger partial charge in [0.1, 0.15) is 12.4 Å². The Bertz CT molecular complexity index is 1210. The number of carboxylic acids is 1. The van der Waals surface area contributed by atoms with Crippen molar-refractivity contribution < 1.29 is 24.2 Å². The monoisotopic (exact) mass is 441 g/mol. The molecule has 1 aliphatic rings. The highest BCUT2D eigenvalue weighted by molar-refractivity contribution is 5.91. The minimum Gasteiger partial charge on any atom is -0.497 e. The topological polar surface area (TPSA) is 84.9 Å². The highest BCUT2D eigenvalue weighted by Gasteiger charge is 2.28. The fraction of sp³-hybridized carbons (Fsp3) is 0.185. The Labute approximate surface area is 192 Å². The molecule has 0 bridgehead atoms. The van der Waals surface area contributed by atoms with Gasteiger partial charge in [-0.25, -0.2) is 9.59 Å². The second-order valence-corrected chi connectivity index (χ2v) is 7.52. The van der Waals surface area contributed by atoms with Crippen molar-refractivity contribution in [3.8, 4) is 28.7 Å². The number of ether oxygens (including phenoxy) is 2. The third-order valence-electron chi connectivity index (χ3n) is 5.54.